The summed E-state index contributed by atoms with van der Waals surface area (Å²) in [6.07, 6.45) is 6.20. The fraction of sp³-hybridized carbons (Fsp3) is 0.909. The summed E-state index contributed by atoms with van der Waals surface area (Å²) in [6.45, 7) is 0. The first-order chi connectivity index (χ1) is 6.27. The van der Waals surface area contributed by atoms with Crippen LogP contribution in [-0.2, 0) is 4.79 Å². The molecular weight excluding hydrogens is 164 g/mol. The molecule has 0 amide bonds. The fourth-order valence-corrected chi connectivity index (χ4v) is 4.36. The van der Waals surface area contributed by atoms with Gasteiger partial charge in [-0.1, -0.05) is 0 Å². The second-order valence-corrected chi connectivity index (χ2v) is 5.10. The van der Waals surface area contributed by atoms with Crippen LogP contribution >= 0.6 is 0 Å². The van der Waals surface area contributed by atoms with Gasteiger partial charge in [0.05, 0.1) is 5.92 Å². The van der Waals surface area contributed by atoms with Crippen LogP contribution in [0.1, 0.15) is 32.1 Å². The number of carboxylic acid groups (broad SMARTS) is 1. The molecule has 3 rings (SSSR count). The molecule has 3 aliphatic rings. The van der Waals surface area contributed by atoms with Gasteiger partial charge in [-0.15, -0.1) is 0 Å². The minimum Gasteiger partial charge on any atom is -0.481 e. The summed E-state index contributed by atoms with van der Waals surface area (Å²) in [6, 6.07) is 0. The first-order valence-corrected chi connectivity index (χ1v) is 5.50. The lowest BCUT2D eigenvalue weighted by molar-refractivity contribution is -0.143. The minimum absolute atomic E-state index is 0.0142. The maximum absolute atomic E-state index is 11.0. The molecule has 3 saturated carbocycles. The highest BCUT2D eigenvalue weighted by Crippen LogP contribution is 2.60. The largest absolute Gasteiger partial charge is 0.481 e. The highest BCUT2D eigenvalue weighted by molar-refractivity contribution is 5.71. The number of aliphatic carboxylic acids is 1. The van der Waals surface area contributed by atoms with E-state index in [4.69, 9.17) is 5.11 Å². The second-order valence-electron chi connectivity index (χ2n) is 5.10. The molecule has 2 nitrogen and oxygen atoms in total. The molecule has 5 atom stereocenters. The van der Waals surface area contributed by atoms with E-state index in [0.29, 0.717) is 5.92 Å². The summed E-state index contributed by atoms with van der Waals surface area (Å²) in [5.74, 6) is 2.52. The van der Waals surface area contributed by atoms with E-state index >= 15 is 0 Å². The minimum atomic E-state index is -0.528. The van der Waals surface area contributed by atoms with Crippen molar-refractivity contribution < 1.29 is 9.90 Å². The molecule has 0 bridgehead atoms. The third kappa shape index (κ3) is 0.918. The molecular formula is C11H16O2. The zero-order valence-corrected chi connectivity index (χ0v) is 7.78. The summed E-state index contributed by atoms with van der Waals surface area (Å²) >= 11 is 0. The fourth-order valence-electron chi connectivity index (χ4n) is 4.36. The second kappa shape index (κ2) is 2.49. The summed E-state index contributed by atoms with van der Waals surface area (Å²) in [5.41, 5.74) is 0. The average Bonchev–Trinajstić information content (AvgIpc) is 2.72. The molecule has 0 aromatic heterocycles. The van der Waals surface area contributed by atoms with Crippen LogP contribution in [0.5, 0.6) is 0 Å². The van der Waals surface area contributed by atoms with E-state index < -0.39 is 5.97 Å². The van der Waals surface area contributed by atoms with E-state index in [1.807, 2.05) is 0 Å². The van der Waals surface area contributed by atoms with Crippen LogP contribution < -0.4 is 0 Å². The average molecular weight is 180 g/mol. The van der Waals surface area contributed by atoms with Crippen LogP contribution in [-0.4, -0.2) is 11.1 Å². The molecule has 2 heteroatoms. The maximum Gasteiger partial charge on any atom is 0.306 e. The van der Waals surface area contributed by atoms with E-state index in [0.717, 1.165) is 24.2 Å². The van der Waals surface area contributed by atoms with E-state index in [2.05, 4.69) is 0 Å². The molecule has 0 aliphatic heterocycles. The van der Waals surface area contributed by atoms with Gasteiger partial charge in [-0.2, -0.15) is 0 Å². The predicted molar refractivity (Wildman–Crippen MR) is 48.2 cm³/mol. The van der Waals surface area contributed by atoms with Crippen molar-refractivity contribution in [2.75, 3.05) is 0 Å². The van der Waals surface area contributed by atoms with E-state index in [1.54, 1.807) is 0 Å². The number of carboxylic acids is 1. The van der Waals surface area contributed by atoms with Crippen molar-refractivity contribution in [3.05, 3.63) is 0 Å². The van der Waals surface area contributed by atoms with Gasteiger partial charge in [0.25, 0.3) is 0 Å². The number of hydrogen-bond donors (Lipinski definition) is 1. The normalized spacial score (nSPS) is 52.5. The van der Waals surface area contributed by atoms with Crippen LogP contribution in [0.25, 0.3) is 0 Å². The summed E-state index contributed by atoms with van der Waals surface area (Å²) in [5, 5.41) is 9.09. The Morgan fingerprint density at radius 2 is 1.77 bits per heavy atom. The van der Waals surface area contributed by atoms with Gasteiger partial charge in [0, 0.05) is 0 Å². The smallest absolute Gasteiger partial charge is 0.306 e. The molecule has 72 valence electrons. The van der Waals surface area contributed by atoms with Gasteiger partial charge in [0.2, 0.25) is 0 Å². The van der Waals surface area contributed by atoms with Crippen molar-refractivity contribution >= 4 is 5.97 Å². The number of rotatable bonds is 1. The van der Waals surface area contributed by atoms with E-state index in [9.17, 15) is 4.79 Å². The van der Waals surface area contributed by atoms with Crippen molar-refractivity contribution in [3.63, 3.8) is 0 Å². The Morgan fingerprint density at radius 3 is 2.54 bits per heavy atom. The lowest BCUT2D eigenvalue weighted by Crippen LogP contribution is -2.19. The molecule has 13 heavy (non-hydrogen) atoms. The SMILES string of the molecule is O=C(O)[C@@H]1C[C@H]2CC[C@H]3CC[C@@H]1[C@H]32. The van der Waals surface area contributed by atoms with Crippen molar-refractivity contribution in [3.8, 4) is 0 Å². The van der Waals surface area contributed by atoms with Crippen LogP contribution in [0.4, 0.5) is 0 Å². The molecule has 0 spiro atoms. The Labute approximate surface area is 78.3 Å². The highest BCUT2D eigenvalue weighted by atomic mass is 16.4. The van der Waals surface area contributed by atoms with Gasteiger partial charge >= 0.3 is 5.97 Å². The Morgan fingerprint density at radius 1 is 1.08 bits per heavy atom. The van der Waals surface area contributed by atoms with E-state index in [-0.39, 0.29) is 5.92 Å². The third-order valence-electron chi connectivity index (χ3n) is 4.75. The zero-order chi connectivity index (χ0) is 9.00. The summed E-state index contributed by atoms with van der Waals surface area (Å²) in [4.78, 5) is 11.0. The summed E-state index contributed by atoms with van der Waals surface area (Å²) in [7, 11) is 0. The van der Waals surface area contributed by atoms with Crippen molar-refractivity contribution in [1.29, 1.82) is 0 Å². The Kier molecular flexibility index (Phi) is 1.50. The Balaban J connectivity index is 1.89. The Hall–Kier alpha value is -0.530. The molecule has 3 fully saturated rings. The summed E-state index contributed by atoms with van der Waals surface area (Å²) < 4.78 is 0. The van der Waals surface area contributed by atoms with Crippen molar-refractivity contribution in [2.24, 2.45) is 29.6 Å². The third-order valence-corrected chi connectivity index (χ3v) is 4.75. The van der Waals surface area contributed by atoms with Crippen LogP contribution in [0.15, 0.2) is 0 Å². The van der Waals surface area contributed by atoms with Crippen LogP contribution in [0.2, 0.25) is 0 Å². The van der Waals surface area contributed by atoms with Gasteiger partial charge in [-0.05, 0) is 55.8 Å². The van der Waals surface area contributed by atoms with Crippen LogP contribution in [0.3, 0.4) is 0 Å². The maximum atomic E-state index is 11.0. The van der Waals surface area contributed by atoms with Crippen molar-refractivity contribution in [2.45, 2.75) is 32.1 Å². The monoisotopic (exact) mass is 180 g/mol. The standard InChI is InChI=1S/C11H16O2/c12-11(13)9-5-7-2-1-6-3-4-8(9)10(6)7/h6-10H,1-5H2,(H,12,13)/t6-,7+,8-,9+,10+/m0/s1. The molecule has 3 aliphatic carbocycles. The molecule has 0 heterocycles. The molecule has 0 saturated heterocycles. The van der Waals surface area contributed by atoms with E-state index in [1.165, 1.54) is 25.7 Å². The quantitative estimate of drug-likeness (QED) is 0.671. The lowest BCUT2D eigenvalue weighted by atomic mass is 9.89. The first-order valence-electron chi connectivity index (χ1n) is 5.50. The number of hydrogen-bond acceptors (Lipinski definition) is 1. The first kappa shape index (κ1) is 7.84. The molecule has 1 N–H and O–H groups in total. The van der Waals surface area contributed by atoms with Crippen molar-refractivity contribution in [1.82, 2.24) is 0 Å². The van der Waals surface area contributed by atoms with Gasteiger partial charge in [-0.3, -0.25) is 4.79 Å². The number of carbonyl (C=O) groups is 1. The zero-order valence-electron chi connectivity index (χ0n) is 7.78. The molecule has 0 radical (unpaired) electrons. The van der Waals surface area contributed by atoms with Crippen LogP contribution in [0, 0.1) is 29.6 Å². The topological polar surface area (TPSA) is 37.3 Å². The van der Waals surface area contributed by atoms with Gasteiger partial charge in [-0.25, -0.2) is 0 Å². The molecule has 0 unspecified atom stereocenters. The van der Waals surface area contributed by atoms with Gasteiger partial charge in [0.1, 0.15) is 0 Å². The molecule has 0 aromatic rings. The highest BCUT2D eigenvalue weighted by Gasteiger charge is 2.55. The predicted octanol–water partition coefficient (Wildman–Crippen LogP) is 2.14. The lowest BCUT2D eigenvalue weighted by Gasteiger charge is -2.15. The van der Waals surface area contributed by atoms with Gasteiger partial charge < -0.3 is 5.11 Å². The Bertz CT molecular complexity index is 248. The van der Waals surface area contributed by atoms with Gasteiger partial charge in [0.15, 0.2) is 0 Å². The molecule has 0 aromatic carbocycles.